The molecular weight excluding hydrogens is 426 g/mol. The zero-order valence-electron chi connectivity index (χ0n) is 16.7. The third-order valence-corrected chi connectivity index (χ3v) is 5.08. The quantitative estimate of drug-likeness (QED) is 0.299. The highest BCUT2D eigenvalue weighted by Crippen LogP contribution is 2.30. The number of hydrazine groups is 1. The number of urea groups is 1. The largest absolute Gasteiger partial charge is 0.465 e. The lowest BCUT2D eigenvalue weighted by molar-refractivity contribution is -0.132. The molecule has 2 atom stereocenters. The summed E-state index contributed by atoms with van der Waals surface area (Å²) >= 11 is 0. The number of nitrogens with one attached hydrogen (secondary N) is 2. The normalized spacial score (nSPS) is 21.4. The molecule has 0 aromatic heterocycles. The molecule has 30 heavy (non-hydrogen) atoms. The Morgan fingerprint density at radius 2 is 1.87 bits per heavy atom. The fraction of sp³-hybridized carbons (Fsp3) is 0.733. The van der Waals surface area contributed by atoms with Gasteiger partial charge in [0.2, 0.25) is 5.91 Å². The number of rotatable bonds is 6. The maximum atomic E-state index is 12.4. The second kappa shape index (κ2) is 8.61. The van der Waals surface area contributed by atoms with Crippen molar-refractivity contribution < 1.29 is 41.5 Å². The van der Waals surface area contributed by atoms with Gasteiger partial charge in [-0.15, -0.1) is 4.28 Å². The number of nitrogens with zero attached hydrogens (tertiary/aromatic N) is 3. The highest BCUT2D eigenvalue weighted by molar-refractivity contribution is 7.80. The van der Waals surface area contributed by atoms with Crippen LogP contribution in [0.1, 0.15) is 40.0 Å². The van der Waals surface area contributed by atoms with Crippen molar-refractivity contribution in [3.05, 3.63) is 0 Å². The highest BCUT2D eigenvalue weighted by atomic mass is 32.3. The topological polar surface area (TPSA) is 186 Å². The van der Waals surface area contributed by atoms with E-state index < -0.39 is 52.0 Å². The lowest BCUT2D eigenvalue weighted by Crippen LogP contribution is -2.54. The summed E-state index contributed by atoms with van der Waals surface area (Å²) in [6.45, 7) is 4.97. The molecule has 0 unspecified atom stereocenters. The van der Waals surface area contributed by atoms with Crippen LogP contribution < -0.4 is 10.9 Å². The third-order valence-electron chi connectivity index (χ3n) is 4.73. The molecule has 14 nitrogen and oxygen atoms in total. The van der Waals surface area contributed by atoms with Crippen LogP contribution in [0.15, 0.2) is 0 Å². The van der Waals surface area contributed by atoms with Crippen LogP contribution in [0.4, 0.5) is 9.59 Å². The monoisotopic (exact) mass is 451 g/mol. The molecule has 2 aliphatic rings. The molecule has 2 bridgehead atoms. The summed E-state index contributed by atoms with van der Waals surface area (Å²) < 4.78 is 34.8. The van der Waals surface area contributed by atoms with E-state index in [1.165, 1.54) is 0 Å². The van der Waals surface area contributed by atoms with Crippen LogP contribution in [-0.4, -0.2) is 87.6 Å². The Hall–Kier alpha value is -2.65. The number of hydrogen-bond donors (Lipinski definition) is 4. The van der Waals surface area contributed by atoms with Crippen LogP contribution in [0, 0.1) is 0 Å². The summed E-state index contributed by atoms with van der Waals surface area (Å²) in [5.74, 6) is -1.33. The summed E-state index contributed by atoms with van der Waals surface area (Å²) in [5, 5.41) is 9.71. The number of hydroxylamine groups is 2. The van der Waals surface area contributed by atoms with E-state index in [2.05, 4.69) is 15.1 Å². The zero-order chi connectivity index (χ0) is 22.9. The number of carboxylic acid groups (broad SMARTS) is 1. The molecule has 0 saturated carbocycles. The van der Waals surface area contributed by atoms with Gasteiger partial charge in [0.15, 0.2) is 0 Å². The van der Waals surface area contributed by atoms with E-state index in [1.807, 2.05) is 0 Å². The van der Waals surface area contributed by atoms with Crippen LogP contribution in [0.5, 0.6) is 0 Å². The van der Waals surface area contributed by atoms with E-state index in [1.54, 1.807) is 20.8 Å². The van der Waals surface area contributed by atoms with Crippen LogP contribution >= 0.6 is 0 Å². The number of carbonyl (C=O) groups is 4. The van der Waals surface area contributed by atoms with E-state index >= 15 is 0 Å². The van der Waals surface area contributed by atoms with Gasteiger partial charge in [0, 0.05) is 25.0 Å². The van der Waals surface area contributed by atoms with Crippen molar-refractivity contribution in [2.45, 2.75) is 57.7 Å². The van der Waals surface area contributed by atoms with E-state index in [-0.39, 0.29) is 32.4 Å². The third kappa shape index (κ3) is 5.70. The van der Waals surface area contributed by atoms with Crippen molar-refractivity contribution in [3.63, 3.8) is 0 Å². The highest BCUT2D eigenvalue weighted by Gasteiger charge is 2.49. The Bertz CT molecular complexity index is 825. The maximum Gasteiger partial charge on any atom is 0.418 e. The molecule has 0 aromatic rings. The maximum absolute atomic E-state index is 12.4. The lowest BCUT2D eigenvalue weighted by atomic mass is 10.0. The van der Waals surface area contributed by atoms with Crippen LogP contribution in [0.3, 0.4) is 0 Å². The minimum Gasteiger partial charge on any atom is -0.465 e. The van der Waals surface area contributed by atoms with E-state index in [9.17, 15) is 32.7 Å². The van der Waals surface area contributed by atoms with E-state index in [4.69, 9.17) is 4.55 Å². The van der Waals surface area contributed by atoms with Crippen molar-refractivity contribution >= 4 is 34.3 Å². The second-order valence-electron chi connectivity index (χ2n) is 7.90. The van der Waals surface area contributed by atoms with E-state index in [0.29, 0.717) is 5.06 Å². The predicted molar refractivity (Wildman–Crippen MR) is 98.8 cm³/mol. The second-order valence-corrected chi connectivity index (χ2v) is 8.91. The number of fused-ring (bicyclic) bond motifs is 2. The van der Waals surface area contributed by atoms with Gasteiger partial charge >= 0.3 is 22.5 Å². The molecule has 170 valence electrons. The first kappa shape index (κ1) is 23.6. The SMILES string of the molecule is CC(C)(C)N(CCC(=O)NNC(=O)[C@@H]1CC[C@@H]2CN1C(=O)N2OS(=O)(=O)O)C(=O)O. The number of hydrogen-bond acceptors (Lipinski definition) is 7. The van der Waals surface area contributed by atoms with Gasteiger partial charge in [-0.3, -0.25) is 25.0 Å². The summed E-state index contributed by atoms with van der Waals surface area (Å²) in [7, 11) is -4.89. The Balaban J connectivity index is 1.88. The molecule has 2 aliphatic heterocycles. The zero-order valence-corrected chi connectivity index (χ0v) is 17.5. The Kier molecular flexibility index (Phi) is 6.78. The molecule has 2 rings (SSSR count). The van der Waals surface area contributed by atoms with Gasteiger partial charge in [-0.05, 0) is 33.6 Å². The van der Waals surface area contributed by atoms with Crippen molar-refractivity contribution in [3.8, 4) is 0 Å². The summed E-state index contributed by atoms with van der Waals surface area (Å²) in [6, 6.07) is -2.52. The molecule has 0 aromatic carbocycles. The van der Waals surface area contributed by atoms with Crippen molar-refractivity contribution in [2.24, 2.45) is 0 Å². The average Bonchev–Trinajstić information content (AvgIpc) is 2.82. The van der Waals surface area contributed by atoms with Crippen molar-refractivity contribution in [2.75, 3.05) is 13.1 Å². The smallest absolute Gasteiger partial charge is 0.418 e. The molecule has 2 heterocycles. The van der Waals surface area contributed by atoms with Crippen molar-refractivity contribution in [1.82, 2.24) is 25.7 Å². The van der Waals surface area contributed by atoms with Crippen LogP contribution in [-0.2, 0) is 24.3 Å². The van der Waals surface area contributed by atoms with Gasteiger partial charge in [-0.1, -0.05) is 0 Å². The Labute approximate surface area is 173 Å². The first-order valence-electron chi connectivity index (χ1n) is 9.07. The fourth-order valence-electron chi connectivity index (χ4n) is 3.31. The van der Waals surface area contributed by atoms with E-state index in [0.717, 1.165) is 9.80 Å². The molecule has 15 heteroatoms. The minimum atomic E-state index is -4.89. The summed E-state index contributed by atoms with van der Waals surface area (Å²) in [5.41, 5.74) is 3.65. The number of piperidine rings is 1. The summed E-state index contributed by atoms with van der Waals surface area (Å²) in [6.07, 6.45) is -0.960. The van der Waals surface area contributed by atoms with Crippen molar-refractivity contribution in [1.29, 1.82) is 0 Å². The first-order valence-corrected chi connectivity index (χ1v) is 10.4. The lowest BCUT2D eigenvalue weighted by Gasteiger charge is -2.33. The molecule has 0 aliphatic carbocycles. The number of carbonyl (C=O) groups excluding carboxylic acids is 3. The molecule has 0 spiro atoms. The Morgan fingerprint density at radius 3 is 2.40 bits per heavy atom. The van der Waals surface area contributed by atoms with Gasteiger partial charge in [-0.2, -0.15) is 13.5 Å². The standard InChI is InChI=1S/C15H25N5O9S/c1-15(2,3)19(14(24)25)7-6-11(21)16-17-12(22)10-5-4-9-8-18(10)13(23)20(9)29-30(26,27)28/h9-10H,4-8H2,1-3H3,(H,16,21)(H,17,22)(H,24,25)(H,26,27,28)/t9-,10+/m1/s1. The molecule has 2 fully saturated rings. The van der Waals surface area contributed by atoms with Crippen LogP contribution in [0.2, 0.25) is 0 Å². The molecule has 0 radical (unpaired) electrons. The van der Waals surface area contributed by atoms with Gasteiger partial charge in [-0.25, -0.2) is 9.59 Å². The molecule has 4 N–H and O–H groups in total. The van der Waals surface area contributed by atoms with Gasteiger partial charge in [0.05, 0.1) is 6.04 Å². The molecule has 2 saturated heterocycles. The number of amides is 5. The predicted octanol–water partition coefficient (Wildman–Crippen LogP) is -0.695. The summed E-state index contributed by atoms with van der Waals surface area (Å²) in [4.78, 5) is 50.1. The van der Waals surface area contributed by atoms with Gasteiger partial charge < -0.3 is 14.9 Å². The molecular formula is C15H25N5O9S. The fourth-order valence-corrected chi connectivity index (χ4v) is 3.70. The molecule has 5 amide bonds. The van der Waals surface area contributed by atoms with Gasteiger partial charge in [0.1, 0.15) is 6.04 Å². The Morgan fingerprint density at radius 1 is 1.23 bits per heavy atom. The first-order chi connectivity index (χ1) is 13.7. The average molecular weight is 451 g/mol. The minimum absolute atomic E-state index is 0.0134. The van der Waals surface area contributed by atoms with Crippen LogP contribution in [0.25, 0.3) is 0 Å². The van der Waals surface area contributed by atoms with Gasteiger partial charge in [0.25, 0.3) is 5.91 Å².